The number of hydrogen-bond acceptors (Lipinski definition) is 7. The number of ether oxygens (including phenoxy) is 1. The third-order valence-corrected chi connectivity index (χ3v) is 10.2. The van der Waals surface area contributed by atoms with Crippen molar-refractivity contribution in [1.29, 1.82) is 0 Å². The van der Waals surface area contributed by atoms with Crippen LogP contribution < -0.4 is 4.90 Å². The van der Waals surface area contributed by atoms with Gasteiger partial charge in [0.2, 0.25) is 10.0 Å². The molecule has 0 saturated carbocycles. The molecule has 11 heteroatoms. The first-order valence-corrected chi connectivity index (χ1v) is 14.3. The Morgan fingerprint density at radius 3 is 2.50 bits per heavy atom. The highest BCUT2D eigenvalue weighted by Gasteiger charge is 2.41. The molecule has 2 aromatic carbocycles. The molecule has 0 N–H and O–H groups in total. The van der Waals surface area contributed by atoms with Crippen LogP contribution in [0.15, 0.2) is 61.2 Å². The van der Waals surface area contributed by atoms with Crippen LogP contribution in [0.2, 0.25) is 0 Å². The summed E-state index contributed by atoms with van der Waals surface area (Å²) in [5.41, 5.74) is 1.61. The van der Waals surface area contributed by atoms with Crippen LogP contribution in [-0.2, 0) is 26.1 Å². The molecular weight excluding hydrogens is 509 g/mol. The predicted octanol–water partition coefficient (Wildman–Crippen LogP) is 3.86. The van der Waals surface area contributed by atoms with Crippen LogP contribution in [0.5, 0.6) is 0 Å². The molecule has 1 aromatic heterocycles. The average Bonchev–Trinajstić information content (AvgIpc) is 3.46. The largest absolute Gasteiger partial charge is 0.467 e. The smallest absolute Gasteiger partial charge is 0.328 e. The van der Waals surface area contributed by atoms with Gasteiger partial charge in [0.05, 0.1) is 7.11 Å². The number of benzene rings is 2. The number of hydrogen-bond donors (Lipinski definition) is 0. The first kappa shape index (κ1) is 26.3. The van der Waals surface area contributed by atoms with Crippen molar-refractivity contribution in [1.82, 2.24) is 19.1 Å². The van der Waals surface area contributed by atoms with E-state index >= 15 is 4.39 Å². The number of aromatic nitrogens is 3. The maximum atomic E-state index is 15.5. The molecule has 3 aromatic rings. The Bertz CT molecular complexity index is 1370. The van der Waals surface area contributed by atoms with Gasteiger partial charge in [0, 0.05) is 36.4 Å². The summed E-state index contributed by atoms with van der Waals surface area (Å²) in [6.07, 6.45) is 5.67. The van der Waals surface area contributed by atoms with Crippen LogP contribution in [-0.4, -0.2) is 59.2 Å². The molecule has 2 fully saturated rings. The Hall–Kier alpha value is -3.31. The van der Waals surface area contributed by atoms with E-state index in [4.69, 9.17) is 4.74 Å². The molecule has 202 valence electrons. The lowest BCUT2D eigenvalue weighted by atomic mass is 9.96. The van der Waals surface area contributed by atoms with Crippen LogP contribution >= 0.6 is 0 Å². The predicted molar refractivity (Wildman–Crippen MR) is 140 cm³/mol. The van der Waals surface area contributed by atoms with Gasteiger partial charge in [-0.15, -0.1) is 10.2 Å². The summed E-state index contributed by atoms with van der Waals surface area (Å²) in [4.78, 5) is 14.5. The lowest BCUT2D eigenvalue weighted by Gasteiger charge is -2.40. The molecule has 0 unspecified atom stereocenters. The molecule has 0 spiro atoms. The highest BCUT2D eigenvalue weighted by Crippen LogP contribution is 2.39. The molecule has 0 amide bonds. The molecule has 5 rings (SSSR count). The standard InChI is InChI=1S/C27H32FN5O4S/c1-19-8-11-26(20-6-4-3-5-7-20)38(35,36)33(19)16-21-9-10-23(14-24(21)28)32-13-12-22(31-17-29-30-18-31)15-25(32)27(34)37-2/h3-7,9-10,14,17-19,22,25-26H,8,11-13,15-16H2,1-2H3/t19-,22+,25-,26+/m0/s1. The van der Waals surface area contributed by atoms with E-state index in [9.17, 15) is 13.2 Å². The fourth-order valence-electron chi connectivity index (χ4n) is 5.65. The zero-order valence-corrected chi connectivity index (χ0v) is 22.3. The van der Waals surface area contributed by atoms with E-state index in [0.717, 1.165) is 12.0 Å². The summed E-state index contributed by atoms with van der Waals surface area (Å²) in [5.74, 6) is -0.899. The average molecular weight is 542 g/mol. The molecule has 2 aliphatic heterocycles. The molecule has 0 aliphatic carbocycles. The van der Waals surface area contributed by atoms with Crippen molar-refractivity contribution in [2.75, 3.05) is 18.6 Å². The summed E-state index contributed by atoms with van der Waals surface area (Å²) in [7, 11) is -2.34. The number of sulfonamides is 1. The molecule has 2 aliphatic rings. The first-order chi connectivity index (χ1) is 18.3. The minimum absolute atomic E-state index is 0.0258. The van der Waals surface area contributed by atoms with Gasteiger partial charge >= 0.3 is 5.97 Å². The Morgan fingerprint density at radius 2 is 1.82 bits per heavy atom. The topological polar surface area (TPSA) is 97.6 Å². The lowest BCUT2D eigenvalue weighted by molar-refractivity contribution is -0.143. The number of nitrogens with zero attached hydrogens (tertiary/aromatic N) is 5. The van der Waals surface area contributed by atoms with Crippen molar-refractivity contribution in [3.8, 4) is 0 Å². The van der Waals surface area contributed by atoms with Gasteiger partial charge in [-0.1, -0.05) is 36.4 Å². The summed E-state index contributed by atoms with van der Waals surface area (Å²) >= 11 is 0. The molecule has 2 saturated heterocycles. The Kier molecular flexibility index (Phi) is 7.49. The number of carbonyl (C=O) groups is 1. The van der Waals surface area contributed by atoms with Gasteiger partial charge in [0.25, 0.3) is 0 Å². The van der Waals surface area contributed by atoms with Crippen molar-refractivity contribution in [3.63, 3.8) is 0 Å². The van der Waals surface area contributed by atoms with E-state index in [1.807, 2.05) is 46.7 Å². The lowest BCUT2D eigenvalue weighted by Crippen LogP contribution is -2.48. The Morgan fingerprint density at radius 1 is 1.08 bits per heavy atom. The van der Waals surface area contributed by atoms with E-state index in [2.05, 4.69) is 10.2 Å². The third-order valence-electron chi connectivity index (χ3n) is 7.80. The Labute approximate surface area is 222 Å². The first-order valence-electron chi connectivity index (χ1n) is 12.8. The SMILES string of the molecule is COC(=O)[C@@H]1C[C@H](n2cnnc2)CCN1c1ccc(CN2[C@@H](C)CC[C@H](c3ccccc3)S2(=O)=O)c(F)c1. The van der Waals surface area contributed by atoms with Crippen molar-refractivity contribution in [2.45, 2.75) is 62.5 Å². The highest BCUT2D eigenvalue weighted by atomic mass is 32.2. The van der Waals surface area contributed by atoms with Gasteiger partial charge in [0.15, 0.2) is 0 Å². The number of rotatable bonds is 6. The minimum Gasteiger partial charge on any atom is -0.467 e. The van der Waals surface area contributed by atoms with Gasteiger partial charge in [-0.25, -0.2) is 17.6 Å². The normalized spacial score (nSPS) is 25.7. The van der Waals surface area contributed by atoms with Gasteiger partial charge in [-0.2, -0.15) is 4.31 Å². The maximum Gasteiger partial charge on any atom is 0.328 e. The number of esters is 1. The molecular formula is C27H32FN5O4S. The van der Waals surface area contributed by atoms with E-state index in [1.54, 1.807) is 24.8 Å². The third kappa shape index (κ3) is 5.04. The summed E-state index contributed by atoms with van der Waals surface area (Å²) in [5, 5.41) is 7.07. The number of piperidine rings is 1. The molecule has 38 heavy (non-hydrogen) atoms. The van der Waals surface area contributed by atoms with E-state index in [1.165, 1.54) is 17.5 Å². The number of halogens is 1. The highest BCUT2D eigenvalue weighted by molar-refractivity contribution is 7.89. The van der Waals surface area contributed by atoms with E-state index < -0.39 is 33.1 Å². The quantitative estimate of drug-likeness (QED) is 0.437. The van der Waals surface area contributed by atoms with Gasteiger partial charge < -0.3 is 14.2 Å². The zero-order valence-electron chi connectivity index (χ0n) is 21.5. The number of carbonyl (C=O) groups excluding carboxylic acids is 1. The second-order valence-corrected chi connectivity index (χ2v) is 12.1. The van der Waals surface area contributed by atoms with Crippen LogP contribution in [0, 0.1) is 5.82 Å². The van der Waals surface area contributed by atoms with Crippen molar-refractivity contribution in [3.05, 3.63) is 78.1 Å². The summed E-state index contributed by atoms with van der Waals surface area (Å²) in [6.45, 7) is 2.33. The monoisotopic (exact) mass is 541 g/mol. The van der Waals surface area contributed by atoms with Gasteiger partial charge in [-0.05, 0) is 50.3 Å². The Balaban J connectivity index is 1.37. The zero-order chi connectivity index (χ0) is 26.9. The second kappa shape index (κ2) is 10.8. The van der Waals surface area contributed by atoms with Crippen molar-refractivity contribution < 1.29 is 22.3 Å². The van der Waals surface area contributed by atoms with Crippen molar-refractivity contribution in [2.24, 2.45) is 0 Å². The molecule has 0 radical (unpaired) electrons. The second-order valence-electron chi connectivity index (χ2n) is 10.0. The molecule has 0 bridgehead atoms. The van der Waals surface area contributed by atoms with E-state index in [0.29, 0.717) is 37.1 Å². The molecule has 3 heterocycles. The van der Waals surface area contributed by atoms with Gasteiger partial charge in [0.1, 0.15) is 29.8 Å². The van der Waals surface area contributed by atoms with E-state index in [-0.39, 0.29) is 18.6 Å². The van der Waals surface area contributed by atoms with Crippen LogP contribution in [0.25, 0.3) is 0 Å². The van der Waals surface area contributed by atoms with Gasteiger partial charge in [-0.3, -0.25) is 0 Å². The maximum absolute atomic E-state index is 15.5. The summed E-state index contributed by atoms with van der Waals surface area (Å²) < 4.78 is 51.0. The number of anilines is 1. The van der Waals surface area contributed by atoms with Crippen LogP contribution in [0.1, 0.15) is 55.0 Å². The van der Waals surface area contributed by atoms with Crippen LogP contribution in [0.4, 0.5) is 10.1 Å². The summed E-state index contributed by atoms with van der Waals surface area (Å²) in [6, 6.07) is 13.1. The number of methoxy groups -OCH3 is 1. The fraction of sp³-hybridized carbons (Fsp3) is 0.444. The minimum atomic E-state index is -3.68. The fourth-order valence-corrected chi connectivity index (χ4v) is 7.83. The molecule has 9 nitrogen and oxygen atoms in total. The van der Waals surface area contributed by atoms with Crippen LogP contribution in [0.3, 0.4) is 0 Å². The van der Waals surface area contributed by atoms with Crippen molar-refractivity contribution >= 4 is 21.7 Å². The molecule has 4 atom stereocenters.